The van der Waals surface area contributed by atoms with Crippen LogP contribution < -0.4 is 5.32 Å². The maximum absolute atomic E-state index is 12.6. The molecule has 0 fully saturated rings. The minimum Gasteiger partial charge on any atom is -0.338 e. The molecule has 3 rings (SSSR count). The van der Waals surface area contributed by atoms with Crippen molar-refractivity contribution in [3.8, 4) is 11.4 Å². The molecule has 0 saturated carbocycles. The Morgan fingerprint density at radius 2 is 1.62 bits per heavy atom. The topological polar surface area (TPSA) is 105 Å². The van der Waals surface area contributed by atoms with Crippen molar-refractivity contribution in [1.29, 1.82) is 0 Å². The van der Waals surface area contributed by atoms with Crippen molar-refractivity contribution in [2.45, 2.75) is 51.0 Å². The van der Waals surface area contributed by atoms with Crippen LogP contribution in [0.25, 0.3) is 11.4 Å². The van der Waals surface area contributed by atoms with Gasteiger partial charge in [-0.25, -0.2) is 8.42 Å². The van der Waals surface area contributed by atoms with Crippen LogP contribution in [0.15, 0.2) is 57.9 Å². The van der Waals surface area contributed by atoms with Gasteiger partial charge in [-0.3, -0.25) is 4.79 Å². The van der Waals surface area contributed by atoms with E-state index < -0.39 is 10.0 Å². The maximum atomic E-state index is 12.6. The number of rotatable bonds is 6. The predicted molar refractivity (Wildman–Crippen MR) is 123 cm³/mol. The van der Waals surface area contributed by atoms with Crippen LogP contribution >= 0.6 is 0 Å². The summed E-state index contributed by atoms with van der Waals surface area (Å²) in [7, 11) is -2.07. The van der Waals surface area contributed by atoms with Gasteiger partial charge in [0.1, 0.15) is 0 Å². The molecule has 0 aliphatic carbocycles. The van der Waals surface area contributed by atoms with Crippen LogP contribution in [0.1, 0.15) is 50.9 Å². The second-order valence-electron chi connectivity index (χ2n) is 8.84. The summed E-state index contributed by atoms with van der Waals surface area (Å²) in [6.45, 7) is 9.58. The lowest BCUT2D eigenvalue weighted by Gasteiger charge is -2.21. The molecule has 0 atom stereocenters. The number of nitrogens with zero attached hydrogens (tertiary/aromatic N) is 3. The zero-order valence-electron chi connectivity index (χ0n) is 19.1. The smallest absolute Gasteiger partial charge is 0.255 e. The van der Waals surface area contributed by atoms with Gasteiger partial charge in [0.2, 0.25) is 21.7 Å². The number of aromatic nitrogens is 2. The molecule has 9 heteroatoms. The molecular formula is C23H28N4O4S. The molecule has 2 aromatic carbocycles. The number of carbonyl (C=O) groups excluding carboxylic acids is 1. The lowest BCUT2D eigenvalue weighted by molar-refractivity contribution is 0.102. The summed E-state index contributed by atoms with van der Waals surface area (Å²) in [6.07, 6.45) is 0. The van der Waals surface area contributed by atoms with E-state index in [0.29, 0.717) is 23.0 Å². The summed E-state index contributed by atoms with van der Waals surface area (Å²) in [6, 6.07) is 12.8. The van der Waals surface area contributed by atoms with Crippen molar-refractivity contribution in [2.75, 3.05) is 12.4 Å². The maximum Gasteiger partial charge on any atom is 0.255 e. The van der Waals surface area contributed by atoms with Gasteiger partial charge >= 0.3 is 0 Å². The van der Waals surface area contributed by atoms with E-state index in [1.54, 1.807) is 38.1 Å². The Morgan fingerprint density at radius 3 is 2.12 bits per heavy atom. The molecule has 0 saturated heterocycles. The number of nitrogens with one attached hydrogen (secondary N) is 1. The number of carbonyl (C=O) groups is 1. The van der Waals surface area contributed by atoms with Gasteiger partial charge in [0.25, 0.3) is 5.91 Å². The number of hydrogen-bond acceptors (Lipinski definition) is 6. The Bertz CT molecular complexity index is 1190. The van der Waals surface area contributed by atoms with Gasteiger partial charge in [-0.2, -0.15) is 9.29 Å². The molecule has 3 aromatic rings. The first-order valence-corrected chi connectivity index (χ1v) is 11.7. The highest BCUT2D eigenvalue weighted by molar-refractivity contribution is 7.89. The molecule has 1 amide bonds. The molecule has 0 aliphatic heterocycles. The third-order valence-electron chi connectivity index (χ3n) is 4.99. The van der Waals surface area contributed by atoms with Crippen LogP contribution in [0, 0.1) is 0 Å². The standard InChI is InChI=1S/C23H28N4O4S/c1-15(2)27(6)32(29,30)19-13-9-17(10-14-19)21(28)24-18-11-7-16(8-12-18)20-25-22(31-26-20)23(3,4)5/h7-15H,1-6H3,(H,24,28). The first-order chi connectivity index (χ1) is 14.9. The van der Waals surface area contributed by atoms with Gasteiger partial charge in [0.15, 0.2) is 0 Å². The molecule has 1 N–H and O–H groups in total. The molecular weight excluding hydrogens is 428 g/mol. The van der Waals surface area contributed by atoms with Gasteiger partial charge in [-0.1, -0.05) is 25.9 Å². The van der Waals surface area contributed by atoms with Crippen molar-refractivity contribution in [3.63, 3.8) is 0 Å². The molecule has 32 heavy (non-hydrogen) atoms. The van der Waals surface area contributed by atoms with Crippen molar-refractivity contribution < 1.29 is 17.7 Å². The Morgan fingerprint density at radius 1 is 1.03 bits per heavy atom. The largest absolute Gasteiger partial charge is 0.338 e. The molecule has 0 aliphatic rings. The summed E-state index contributed by atoms with van der Waals surface area (Å²) < 4.78 is 31.7. The summed E-state index contributed by atoms with van der Waals surface area (Å²) in [5.41, 5.74) is 1.48. The quantitative estimate of drug-likeness (QED) is 0.592. The van der Waals surface area contributed by atoms with E-state index in [4.69, 9.17) is 4.52 Å². The van der Waals surface area contributed by atoms with Gasteiger partial charge in [0, 0.05) is 35.3 Å². The SMILES string of the molecule is CC(C)N(C)S(=O)(=O)c1ccc(C(=O)Nc2ccc(-c3noc(C(C)(C)C)n3)cc2)cc1. The van der Waals surface area contributed by atoms with Crippen LogP contribution in [0.2, 0.25) is 0 Å². The molecule has 0 radical (unpaired) electrons. The Kier molecular flexibility index (Phi) is 6.52. The van der Waals surface area contributed by atoms with Crippen molar-refractivity contribution >= 4 is 21.6 Å². The minimum atomic E-state index is -3.60. The normalized spacial score (nSPS) is 12.4. The molecule has 0 spiro atoms. The Balaban J connectivity index is 1.70. The molecule has 1 aromatic heterocycles. The minimum absolute atomic E-state index is 0.143. The average Bonchev–Trinajstić information content (AvgIpc) is 3.24. The fourth-order valence-corrected chi connectivity index (χ4v) is 4.14. The van der Waals surface area contributed by atoms with E-state index in [2.05, 4.69) is 15.5 Å². The molecule has 0 bridgehead atoms. The number of hydrogen-bond donors (Lipinski definition) is 1. The van der Waals surface area contributed by atoms with E-state index in [0.717, 1.165) is 5.56 Å². The summed E-state index contributed by atoms with van der Waals surface area (Å²) in [5, 5.41) is 6.82. The van der Waals surface area contributed by atoms with E-state index >= 15 is 0 Å². The summed E-state index contributed by atoms with van der Waals surface area (Å²) >= 11 is 0. The highest BCUT2D eigenvalue weighted by Crippen LogP contribution is 2.25. The average molecular weight is 457 g/mol. The van der Waals surface area contributed by atoms with E-state index in [1.807, 2.05) is 20.8 Å². The molecule has 8 nitrogen and oxygen atoms in total. The zero-order valence-corrected chi connectivity index (χ0v) is 19.9. The Labute approximate surface area is 188 Å². The second-order valence-corrected chi connectivity index (χ2v) is 10.8. The van der Waals surface area contributed by atoms with Crippen molar-refractivity contribution in [3.05, 3.63) is 60.0 Å². The van der Waals surface area contributed by atoms with Crippen LogP contribution in [0.4, 0.5) is 5.69 Å². The fourth-order valence-electron chi connectivity index (χ4n) is 2.77. The van der Waals surface area contributed by atoms with E-state index in [-0.39, 0.29) is 22.3 Å². The molecule has 1 heterocycles. The van der Waals surface area contributed by atoms with Gasteiger partial charge < -0.3 is 9.84 Å². The summed E-state index contributed by atoms with van der Waals surface area (Å²) in [5.74, 6) is 0.694. The third-order valence-corrected chi connectivity index (χ3v) is 7.04. The summed E-state index contributed by atoms with van der Waals surface area (Å²) in [4.78, 5) is 17.1. The second kappa shape index (κ2) is 8.84. The van der Waals surface area contributed by atoms with Crippen molar-refractivity contribution in [1.82, 2.24) is 14.4 Å². The van der Waals surface area contributed by atoms with Crippen LogP contribution in [0.5, 0.6) is 0 Å². The molecule has 0 unspecified atom stereocenters. The third kappa shape index (κ3) is 5.05. The van der Waals surface area contributed by atoms with Gasteiger partial charge in [-0.15, -0.1) is 0 Å². The predicted octanol–water partition coefficient (Wildman–Crippen LogP) is 4.32. The number of benzene rings is 2. The first-order valence-electron chi connectivity index (χ1n) is 10.2. The van der Waals surface area contributed by atoms with Crippen LogP contribution in [-0.4, -0.2) is 41.9 Å². The highest BCUT2D eigenvalue weighted by atomic mass is 32.2. The number of anilines is 1. The van der Waals surface area contributed by atoms with E-state index in [9.17, 15) is 13.2 Å². The Hall–Kier alpha value is -3.04. The fraction of sp³-hybridized carbons (Fsp3) is 0.348. The monoisotopic (exact) mass is 456 g/mol. The number of amides is 1. The zero-order chi connectivity index (χ0) is 23.7. The van der Waals surface area contributed by atoms with Crippen LogP contribution in [0.3, 0.4) is 0 Å². The van der Waals surface area contributed by atoms with Gasteiger partial charge in [0.05, 0.1) is 4.90 Å². The number of sulfonamides is 1. The lowest BCUT2D eigenvalue weighted by Crippen LogP contribution is -2.33. The first kappa shape index (κ1) is 23.6. The van der Waals surface area contributed by atoms with Crippen LogP contribution in [-0.2, 0) is 15.4 Å². The molecule has 170 valence electrons. The lowest BCUT2D eigenvalue weighted by atomic mass is 9.97. The highest BCUT2D eigenvalue weighted by Gasteiger charge is 2.24. The van der Waals surface area contributed by atoms with E-state index in [1.165, 1.54) is 35.6 Å². The van der Waals surface area contributed by atoms with Gasteiger partial charge in [-0.05, 0) is 62.4 Å². The van der Waals surface area contributed by atoms with Crippen molar-refractivity contribution in [2.24, 2.45) is 0 Å².